The molecular weight excluding hydrogens is 482 g/mol. The van der Waals surface area contributed by atoms with Gasteiger partial charge in [0.25, 0.3) is 0 Å². The molecule has 216 valence electrons. The maximum atomic E-state index is 12.4. The Kier molecular flexibility index (Phi) is 18.2. The summed E-state index contributed by atoms with van der Waals surface area (Å²) in [5.74, 6) is -2.75. The molecule has 0 aromatic heterocycles. The summed E-state index contributed by atoms with van der Waals surface area (Å²) < 4.78 is 9.63. The average Bonchev–Trinajstić information content (AvgIpc) is 2.91. The van der Waals surface area contributed by atoms with Crippen LogP contribution in [-0.4, -0.2) is 41.8 Å². The van der Waals surface area contributed by atoms with Gasteiger partial charge in [0.1, 0.15) is 0 Å². The van der Waals surface area contributed by atoms with Gasteiger partial charge < -0.3 is 19.9 Å². The third-order valence-electron chi connectivity index (χ3n) is 6.87. The van der Waals surface area contributed by atoms with Gasteiger partial charge in [0.2, 0.25) is 0 Å². The average molecular weight is 534 g/mol. The van der Waals surface area contributed by atoms with Crippen LogP contribution in [0.25, 0.3) is 0 Å². The van der Waals surface area contributed by atoms with E-state index in [-0.39, 0.29) is 18.6 Å². The molecule has 1 aromatic carbocycles. The van der Waals surface area contributed by atoms with Crippen molar-refractivity contribution in [2.24, 2.45) is 0 Å². The summed E-state index contributed by atoms with van der Waals surface area (Å²) in [5, 5.41) is 13.8. The van der Waals surface area contributed by atoms with E-state index in [4.69, 9.17) is 9.47 Å². The molecular formula is C31H51NO6. The number of unbranched alkanes of at least 4 members (excludes halogenated alkanes) is 13. The van der Waals surface area contributed by atoms with Crippen LogP contribution in [0.1, 0.15) is 134 Å². The van der Waals surface area contributed by atoms with Gasteiger partial charge in [-0.3, -0.25) is 4.79 Å². The highest BCUT2D eigenvalue weighted by Crippen LogP contribution is 2.20. The number of esters is 3. The zero-order chi connectivity index (χ0) is 28.1. The molecule has 0 heterocycles. The van der Waals surface area contributed by atoms with Crippen LogP contribution in [0, 0.1) is 0 Å². The fraction of sp³-hybridized carbons (Fsp3) is 0.710. The van der Waals surface area contributed by atoms with E-state index in [0.717, 1.165) is 18.7 Å². The largest absolute Gasteiger partial charge is 0.466 e. The van der Waals surface area contributed by atoms with Crippen molar-refractivity contribution in [3.8, 4) is 0 Å². The summed E-state index contributed by atoms with van der Waals surface area (Å²) in [7, 11) is 0. The molecule has 7 nitrogen and oxygen atoms in total. The van der Waals surface area contributed by atoms with E-state index in [1.807, 2.05) is 0 Å². The Bertz CT molecular complexity index is 794. The molecule has 38 heavy (non-hydrogen) atoms. The SMILES string of the molecule is CCCCCCCCCCCCCCCCNc1ccc(C(=O)OC(=O)C(O)(CC)CC(=O)OCC)cc1. The van der Waals surface area contributed by atoms with Crippen molar-refractivity contribution in [2.45, 2.75) is 129 Å². The first-order chi connectivity index (χ1) is 18.4. The minimum absolute atomic E-state index is 0.0833. The normalized spacial score (nSPS) is 12.5. The first kappa shape index (κ1) is 33.6. The van der Waals surface area contributed by atoms with Crippen LogP contribution in [-0.2, 0) is 19.1 Å². The summed E-state index contributed by atoms with van der Waals surface area (Å²) in [4.78, 5) is 36.4. The fourth-order valence-corrected chi connectivity index (χ4v) is 4.31. The van der Waals surface area contributed by atoms with Crippen LogP contribution in [0.5, 0.6) is 0 Å². The Morgan fingerprint density at radius 3 is 1.74 bits per heavy atom. The standard InChI is InChI=1S/C31H51NO6/c1-4-7-8-9-10-11-12-13-14-15-16-17-18-19-24-32-27-22-20-26(21-23-27)29(34)38-30(35)31(36,5-2)25-28(33)37-6-3/h20-23,32,36H,4-19,24-25H2,1-3H3. The zero-order valence-corrected chi connectivity index (χ0v) is 24.0. The molecule has 2 N–H and O–H groups in total. The third kappa shape index (κ3) is 14.5. The summed E-state index contributed by atoms with van der Waals surface area (Å²) >= 11 is 0. The Morgan fingerprint density at radius 1 is 0.763 bits per heavy atom. The van der Waals surface area contributed by atoms with Crippen LogP contribution in [0.3, 0.4) is 0 Å². The van der Waals surface area contributed by atoms with Gasteiger partial charge in [-0.2, -0.15) is 0 Å². The Hall–Kier alpha value is -2.41. The number of carbonyl (C=O) groups is 3. The van der Waals surface area contributed by atoms with E-state index in [1.165, 1.54) is 90.4 Å². The quantitative estimate of drug-likeness (QED) is 0.0912. The highest BCUT2D eigenvalue weighted by Gasteiger charge is 2.40. The fourth-order valence-electron chi connectivity index (χ4n) is 4.31. The predicted octanol–water partition coefficient (Wildman–Crippen LogP) is 7.36. The number of ether oxygens (including phenoxy) is 2. The summed E-state index contributed by atoms with van der Waals surface area (Å²) in [6.45, 7) is 6.41. The minimum atomic E-state index is -2.10. The molecule has 0 aliphatic heterocycles. The molecule has 1 unspecified atom stereocenters. The maximum Gasteiger partial charge on any atom is 0.346 e. The Labute approximate surface area is 230 Å². The molecule has 0 aliphatic carbocycles. The second-order valence-electron chi connectivity index (χ2n) is 10.1. The summed E-state index contributed by atoms with van der Waals surface area (Å²) in [6, 6.07) is 6.66. The molecule has 0 amide bonds. The van der Waals surface area contributed by atoms with Gasteiger partial charge in [-0.25, -0.2) is 9.59 Å². The van der Waals surface area contributed by atoms with Gasteiger partial charge in [-0.15, -0.1) is 0 Å². The molecule has 1 aromatic rings. The molecule has 0 saturated carbocycles. The first-order valence-electron chi connectivity index (χ1n) is 14.8. The van der Waals surface area contributed by atoms with Crippen LogP contribution in [0.4, 0.5) is 5.69 Å². The van der Waals surface area contributed by atoms with E-state index >= 15 is 0 Å². The number of benzene rings is 1. The van der Waals surface area contributed by atoms with Crippen molar-refractivity contribution in [3.63, 3.8) is 0 Å². The number of nitrogens with one attached hydrogen (secondary N) is 1. The van der Waals surface area contributed by atoms with Crippen LogP contribution < -0.4 is 5.32 Å². The van der Waals surface area contributed by atoms with Gasteiger partial charge in [0.05, 0.1) is 18.6 Å². The monoisotopic (exact) mass is 533 g/mol. The number of rotatable bonds is 22. The first-order valence-corrected chi connectivity index (χ1v) is 14.8. The topological polar surface area (TPSA) is 102 Å². The molecule has 0 aliphatic rings. The summed E-state index contributed by atoms with van der Waals surface area (Å²) in [6.07, 6.45) is 18.0. The van der Waals surface area contributed by atoms with Crippen molar-refractivity contribution in [2.75, 3.05) is 18.5 Å². The molecule has 1 atom stereocenters. The van der Waals surface area contributed by atoms with Crippen molar-refractivity contribution >= 4 is 23.6 Å². The molecule has 7 heteroatoms. The zero-order valence-electron chi connectivity index (χ0n) is 24.0. The van der Waals surface area contributed by atoms with Crippen molar-refractivity contribution in [1.29, 1.82) is 0 Å². The van der Waals surface area contributed by atoms with Gasteiger partial charge in [-0.05, 0) is 44.0 Å². The van der Waals surface area contributed by atoms with Crippen molar-refractivity contribution in [3.05, 3.63) is 29.8 Å². The van der Waals surface area contributed by atoms with E-state index in [1.54, 1.807) is 31.2 Å². The lowest BCUT2D eigenvalue weighted by molar-refractivity contribution is -0.168. The molecule has 1 rings (SSSR count). The Morgan fingerprint density at radius 2 is 1.26 bits per heavy atom. The van der Waals surface area contributed by atoms with E-state index in [0.29, 0.717) is 0 Å². The van der Waals surface area contributed by atoms with Gasteiger partial charge in [0.15, 0.2) is 5.60 Å². The molecule has 0 bridgehead atoms. The van der Waals surface area contributed by atoms with Crippen LogP contribution in [0.2, 0.25) is 0 Å². The lowest BCUT2D eigenvalue weighted by Crippen LogP contribution is -2.43. The molecule has 0 spiro atoms. The minimum Gasteiger partial charge on any atom is -0.466 e. The number of hydrogen-bond donors (Lipinski definition) is 2. The van der Waals surface area contributed by atoms with E-state index in [9.17, 15) is 19.5 Å². The highest BCUT2D eigenvalue weighted by atomic mass is 16.6. The second-order valence-corrected chi connectivity index (χ2v) is 10.1. The van der Waals surface area contributed by atoms with Crippen LogP contribution in [0.15, 0.2) is 24.3 Å². The van der Waals surface area contributed by atoms with E-state index in [2.05, 4.69) is 12.2 Å². The second kappa shape index (κ2) is 20.5. The van der Waals surface area contributed by atoms with Crippen molar-refractivity contribution < 1.29 is 29.0 Å². The lowest BCUT2D eigenvalue weighted by atomic mass is 9.97. The van der Waals surface area contributed by atoms with Gasteiger partial charge in [-0.1, -0.05) is 97.3 Å². The van der Waals surface area contributed by atoms with Gasteiger partial charge in [0, 0.05) is 12.2 Å². The van der Waals surface area contributed by atoms with E-state index < -0.39 is 29.9 Å². The van der Waals surface area contributed by atoms with Crippen molar-refractivity contribution in [1.82, 2.24) is 0 Å². The molecule has 0 saturated heterocycles. The smallest absolute Gasteiger partial charge is 0.346 e. The number of carbonyl (C=O) groups excluding carboxylic acids is 3. The predicted molar refractivity (Wildman–Crippen MR) is 152 cm³/mol. The van der Waals surface area contributed by atoms with Crippen LogP contribution >= 0.6 is 0 Å². The molecule has 0 radical (unpaired) electrons. The summed E-state index contributed by atoms with van der Waals surface area (Å²) in [5.41, 5.74) is -1.03. The number of anilines is 1. The lowest BCUT2D eigenvalue weighted by Gasteiger charge is -2.22. The number of aliphatic hydroxyl groups is 1. The van der Waals surface area contributed by atoms with Gasteiger partial charge >= 0.3 is 17.9 Å². The molecule has 0 fully saturated rings. The maximum absolute atomic E-state index is 12.4. The third-order valence-corrected chi connectivity index (χ3v) is 6.87. The highest BCUT2D eigenvalue weighted by molar-refractivity contribution is 6.00. The Balaban J connectivity index is 2.19. The number of hydrogen-bond acceptors (Lipinski definition) is 7.